The summed E-state index contributed by atoms with van der Waals surface area (Å²) in [6.45, 7) is 3.47. The molecular formula is C17H18N2O2. The lowest BCUT2D eigenvalue weighted by Gasteiger charge is -2.08. The van der Waals surface area contributed by atoms with E-state index in [0.29, 0.717) is 12.1 Å². The average Bonchev–Trinajstić information content (AvgIpc) is 2.48. The molecule has 0 amide bonds. The normalized spacial score (nSPS) is 12.5. The van der Waals surface area contributed by atoms with Crippen molar-refractivity contribution < 1.29 is 9.90 Å². The first-order valence-electron chi connectivity index (χ1n) is 6.85. The van der Waals surface area contributed by atoms with Crippen molar-refractivity contribution >= 4 is 17.2 Å². The molecule has 0 unspecified atom stereocenters. The topological polar surface area (TPSA) is 62.0 Å². The third-order valence-electron chi connectivity index (χ3n) is 3.31. The summed E-state index contributed by atoms with van der Waals surface area (Å²) in [5.41, 5.74) is 2.09. The highest BCUT2D eigenvalue weighted by Crippen LogP contribution is 2.29. The number of phenols is 1. The highest BCUT2D eigenvalue weighted by Gasteiger charge is 2.10. The Labute approximate surface area is 124 Å². The van der Waals surface area contributed by atoms with E-state index in [2.05, 4.69) is 10.2 Å². The molecule has 4 nitrogen and oxygen atoms in total. The number of carbonyl (C=O) groups is 1. The van der Waals surface area contributed by atoms with E-state index in [9.17, 15) is 9.90 Å². The van der Waals surface area contributed by atoms with Gasteiger partial charge in [0.05, 0.1) is 5.69 Å². The number of Topliss-reactive ketones (excluding diaryl/α,β-unsaturated/α-hetero) is 1. The second-order valence-electron chi connectivity index (χ2n) is 5.07. The summed E-state index contributed by atoms with van der Waals surface area (Å²) in [7, 11) is 0. The lowest BCUT2D eigenvalue weighted by molar-refractivity contribution is -0.120. The number of azo groups is 1. The van der Waals surface area contributed by atoms with Crippen LogP contribution in [0.15, 0.2) is 58.8 Å². The lowest BCUT2D eigenvalue weighted by atomic mass is 9.97. The predicted octanol–water partition coefficient (Wildman–Crippen LogP) is 4.58. The fourth-order valence-electron chi connectivity index (χ4n) is 1.88. The minimum absolute atomic E-state index is 0.0477. The van der Waals surface area contributed by atoms with Gasteiger partial charge in [0.2, 0.25) is 0 Å². The van der Waals surface area contributed by atoms with Crippen LogP contribution in [-0.4, -0.2) is 10.9 Å². The monoisotopic (exact) mass is 282 g/mol. The van der Waals surface area contributed by atoms with E-state index in [-0.39, 0.29) is 17.5 Å². The second kappa shape index (κ2) is 6.79. The molecule has 2 aromatic rings. The number of ketones is 1. The third kappa shape index (κ3) is 4.24. The van der Waals surface area contributed by atoms with Crippen LogP contribution in [0.3, 0.4) is 0 Å². The Hall–Kier alpha value is -2.49. The van der Waals surface area contributed by atoms with Crippen molar-refractivity contribution in [1.82, 2.24) is 0 Å². The first-order chi connectivity index (χ1) is 10.1. The van der Waals surface area contributed by atoms with Crippen LogP contribution in [0.4, 0.5) is 11.4 Å². The molecule has 0 radical (unpaired) electrons. The molecule has 0 bridgehead atoms. The van der Waals surface area contributed by atoms with E-state index in [1.165, 1.54) is 0 Å². The quantitative estimate of drug-likeness (QED) is 0.816. The molecule has 0 aliphatic heterocycles. The van der Waals surface area contributed by atoms with Gasteiger partial charge in [-0.3, -0.25) is 4.79 Å². The van der Waals surface area contributed by atoms with Gasteiger partial charge in [-0.15, -0.1) is 5.11 Å². The summed E-state index contributed by atoms with van der Waals surface area (Å²) >= 11 is 0. The number of nitrogens with zero attached hydrogens (tertiary/aromatic N) is 2. The first-order valence-corrected chi connectivity index (χ1v) is 6.85. The smallest absolute Gasteiger partial charge is 0.143 e. The van der Waals surface area contributed by atoms with Gasteiger partial charge in [0.15, 0.2) is 0 Å². The Balaban J connectivity index is 2.19. The van der Waals surface area contributed by atoms with E-state index in [0.717, 1.165) is 11.3 Å². The number of aromatic hydroxyl groups is 1. The van der Waals surface area contributed by atoms with Crippen LogP contribution >= 0.6 is 0 Å². The van der Waals surface area contributed by atoms with E-state index in [1.54, 1.807) is 25.1 Å². The van der Waals surface area contributed by atoms with Gasteiger partial charge in [0, 0.05) is 5.92 Å². The summed E-state index contributed by atoms with van der Waals surface area (Å²) in [6, 6.07) is 14.5. The molecule has 0 aliphatic carbocycles. The molecule has 4 heteroatoms. The van der Waals surface area contributed by atoms with Gasteiger partial charge < -0.3 is 5.11 Å². The lowest BCUT2D eigenvalue weighted by Crippen LogP contribution is -2.09. The van der Waals surface area contributed by atoms with Crippen LogP contribution in [0, 0.1) is 5.92 Å². The molecular weight excluding hydrogens is 264 g/mol. The second-order valence-corrected chi connectivity index (χ2v) is 5.07. The molecule has 1 N–H and O–H groups in total. The van der Waals surface area contributed by atoms with Crippen molar-refractivity contribution in [3.63, 3.8) is 0 Å². The standard InChI is InChI=1S/C17H18N2O2/c1-12(13(2)20)10-14-8-9-17(21)16(11-14)19-18-15-6-4-3-5-7-15/h3-9,11-12,21H,10H2,1-2H3/b19-18+/t12-/m1/s1. The van der Waals surface area contributed by atoms with Crippen LogP contribution in [0.2, 0.25) is 0 Å². The number of hydrogen-bond donors (Lipinski definition) is 1. The fourth-order valence-corrected chi connectivity index (χ4v) is 1.88. The number of phenolic OH excluding ortho intramolecular Hbond substituents is 1. The van der Waals surface area contributed by atoms with Gasteiger partial charge in [-0.25, -0.2) is 0 Å². The van der Waals surface area contributed by atoms with Crippen molar-refractivity contribution in [2.75, 3.05) is 0 Å². The van der Waals surface area contributed by atoms with Crippen LogP contribution in [0.25, 0.3) is 0 Å². The number of hydrogen-bond acceptors (Lipinski definition) is 4. The molecule has 0 aliphatic rings. The average molecular weight is 282 g/mol. The van der Waals surface area contributed by atoms with Crippen molar-refractivity contribution in [2.45, 2.75) is 20.3 Å². The number of carbonyl (C=O) groups excluding carboxylic acids is 1. The fraction of sp³-hybridized carbons (Fsp3) is 0.235. The molecule has 0 saturated heterocycles. The van der Waals surface area contributed by atoms with Crippen molar-refractivity contribution in [3.05, 3.63) is 54.1 Å². The summed E-state index contributed by atoms with van der Waals surface area (Å²) in [5.74, 6) is 0.179. The van der Waals surface area contributed by atoms with Crippen molar-refractivity contribution in [3.8, 4) is 5.75 Å². The molecule has 2 rings (SSSR count). The molecule has 21 heavy (non-hydrogen) atoms. The minimum atomic E-state index is -0.0477. The van der Waals surface area contributed by atoms with Gasteiger partial charge in [0.25, 0.3) is 0 Å². The van der Waals surface area contributed by atoms with Gasteiger partial charge >= 0.3 is 0 Å². The third-order valence-corrected chi connectivity index (χ3v) is 3.31. The predicted molar refractivity (Wildman–Crippen MR) is 82.3 cm³/mol. The van der Waals surface area contributed by atoms with E-state index >= 15 is 0 Å². The van der Waals surface area contributed by atoms with Crippen LogP contribution < -0.4 is 0 Å². The molecule has 108 valence electrons. The highest BCUT2D eigenvalue weighted by molar-refractivity contribution is 5.78. The zero-order valence-electron chi connectivity index (χ0n) is 12.2. The molecule has 0 aromatic heterocycles. The van der Waals surface area contributed by atoms with Crippen molar-refractivity contribution in [2.24, 2.45) is 16.1 Å². The Morgan fingerprint density at radius 2 is 1.86 bits per heavy atom. The Bertz CT molecular complexity index is 651. The Kier molecular flexibility index (Phi) is 4.82. The van der Waals surface area contributed by atoms with Crippen molar-refractivity contribution in [1.29, 1.82) is 0 Å². The maximum absolute atomic E-state index is 11.3. The summed E-state index contributed by atoms with van der Waals surface area (Å²) in [4.78, 5) is 11.3. The highest BCUT2D eigenvalue weighted by atomic mass is 16.3. The molecule has 2 aromatic carbocycles. The maximum Gasteiger partial charge on any atom is 0.143 e. The molecule has 0 heterocycles. The zero-order valence-corrected chi connectivity index (χ0v) is 12.2. The van der Waals surface area contributed by atoms with Gasteiger partial charge in [-0.2, -0.15) is 5.11 Å². The minimum Gasteiger partial charge on any atom is -0.506 e. The van der Waals surface area contributed by atoms with E-state index < -0.39 is 0 Å². The largest absolute Gasteiger partial charge is 0.506 e. The molecule has 0 saturated carbocycles. The molecule has 1 atom stereocenters. The van der Waals surface area contributed by atoms with E-state index in [4.69, 9.17) is 0 Å². The van der Waals surface area contributed by atoms with Gasteiger partial charge in [0.1, 0.15) is 17.2 Å². The maximum atomic E-state index is 11.3. The van der Waals surface area contributed by atoms with Gasteiger partial charge in [-0.05, 0) is 43.2 Å². The zero-order chi connectivity index (χ0) is 15.2. The Morgan fingerprint density at radius 3 is 2.52 bits per heavy atom. The first kappa shape index (κ1) is 14.9. The van der Waals surface area contributed by atoms with E-state index in [1.807, 2.05) is 37.3 Å². The number of rotatable bonds is 5. The summed E-state index contributed by atoms with van der Waals surface area (Å²) in [5, 5.41) is 18.0. The van der Waals surface area contributed by atoms with Crippen LogP contribution in [-0.2, 0) is 11.2 Å². The van der Waals surface area contributed by atoms with Crippen LogP contribution in [0.1, 0.15) is 19.4 Å². The van der Waals surface area contributed by atoms with Crippen LogP contribution in [0.5, 0.6) is 5.75 Å². The molecule has 0 spiro atoms. The SMILES string of the molecule is CC(=O)[C@H](C)Cc1ccc(O)c(/N=N/c2ccccc2)c1. The molecule has 0 fully saturated rings. The summed E-state index contributed by atoms with van der Waals surface area (Å²) < 4.78 is 0. The van der Waals surface area contributed by atoms with Gasteiger partial charge in [-0.1, -0.05) is 31.2 Å². The summed E-state index contributed by atoms with van der Waals surface area (Å²) in [6.07, 6.45) is 0.628. The number of benzene rings is 2. The Morgan fingerprint density at radius 1 is 1.14 bits per heavy atom.